The van der Waals surface area contributed by atoms with Gasteiger partial charge < -0.3 is 10.1 Å². The Bertz CT molecular complexity index is 1430. The third kappa shape index (κ3) is 3.47. The summed E-state index contributed by atoms with van der Waals surface area (Å²) in [6.45, 7) is 2.06. The number of halogens is 2. The second-order valence-corrected chi connectivity index (χ2v) is 9.53. The van der Waals surface area contributed by atoms with Gasteiger partial charge in [-0.15, -0.1) is 5.10 Å². The topological polar surface area (TPSA) is 52.0 Å². The molecule has 2 aliphatic rings. The van der Waals surface area contributed by atoms with Crippen molar-refractivity contribution in [2.75, 3.05) is 11.6 Å². The second kappa shape index (κ2) is 8.18. The fourth-order valence-corrected chi connectivity index (χ4v) is 5.07. The molecule has 0 fully saturated rings. The molecular formula is C26H20ClFN4OS. The van der Waals surface area contributed by atoms with E-state index in [2.05, 4.69) is 41.5 Å². The first-order valence-electron chi connectivity index (χ1n) is 10.8. The third-order valence-electron chi connectivity index (χ3n) is 6.16. The van der Waals surface area contributed by atoms with Gasteiger partial charge >= 0.3 is 0 Å². The molecule has 0 spiro atoms. The van der Waals surface area contributed by atoms with Crippen molar-refractivity contribution in [3.05, 3.63) is 105 Å². The van der Waals surface area contributed by atoms with Gasteiger partial charge in [-0.2, -0.15) is 4.98 Å². The van der Waals surface area contributed by atoms with Crippen molar-refractivity contribution in [1.29, 1.82) is 0 Å². The molecule has 0 aliphatic carbocycles. The first kappa shape index (κ1) is 21.3. The van der Waals surface area contributed by atoms with E-state index < -0.39 is 0 Å². The molecule has 2 atom stereocenters. The van der Waals surface area contributed by atoms with E-state index in [-0.39, 0.29) is 18.0 Å². The zero-order chi connectivity index (χ0) is 23.4. The van der Waals surface area contributed by atoms with Gasteiger partial charge in [0, 0.05) is 16.2 Å². The summed E-state index contributed by atoms with van der Waals surface area (Å²) in [5.74, 6) is 1.06. The van der Waals surface area contributed by atoms with Crippen LogP contribution in [0.25, 0.3) is 5.70 Å². The van der Waals surface area contributed by atoms with Gasteiger partial charge in [0.25, 0.3) is 0 Å². The lowest BCUT2D eigenvalue weighted by Gasteiger charge is -2.39. The number of nitrogens with one attached hydrogen (secondary N) is 1. The summed E-state index contributed by atoms with van der Waals surface area (Å²) in [7, 11) is 0. The molecule has 5 nitrogen and oxygen atoms in total. The molecule has 3 heterocycles. The van der Waals surface area contributed by atoms with E-state index in [9.17, 15) is 4.39 Å². The Kier molecular flexibility index (Phi) is 5.12. The average Bonchev–Trinajstić information content (AvgIpc) is 3.27. The van der Waals surface area contributed by atoms with E-state index in [1.807, 2.05) is 29.1 Å². The maximum Gasteiger partial charge on any atom is 0.227 e. The quantitative estimate of drug-likeness (QED) is 0.325. The molecule has 1 aromatic heterocycles. The van der Waals surface area contributed by atoms with Crippen LogP contribution < -0.4 is 10.1 Å². The fourth-order valence-electron chi connectivity index (χ4n) is 4.55. The minimum absolute atomic E-state index is 0.289. The molecule has 0 saturated carbocycles. The minimum atomic E-state index is -0.387. The van der Waals surface area contributed by atoms with Gasteiger partial charge in [-0.25, -0.2) is 9.07 Å². The average molecular weight is 491 g/mol. The number of hydrogen-bond donors (Lipinski definition) is 1. The van der Waals surface area contributed by atoms with Crippen molar-refractivity contribution >= 4 is 35.0 Å². The fraction of sp³-hybridized carbons (Fsp3) is 0.154. The molecule has 0 bridgehead atoms. The third-order valence-corrected chi connectivity index (χ3v) is 6.94. The van der Waals surface area contributed by atoms with E-state index in [0.29, 0.717) is 16.1 Å². The molecular weight excluding hydrogens is 471 g/mol. The highest BCUT2D eigenvalue weighted by Gasteiger charge is 2.41. The van der Waals surface area contributed by atoms with Crippen LogP contribution in [-0.4, -0.2) is 21.0 Å². The zero-order valence-electron chi connectivity index (χ0n) is 18.4. The predicted octanol–water partition coefficient (Wildman–Crippen LogP) is 6.66. The molecule has 3 aromatic carbocycles. The largest absolute Gasteiger partial charge is 0.480 e. The SMILES string of the molecule is CSc1nc2n(n1)[C@H](c1ccc(F)cc1)C1=C(N2)c2cc(Cl)ccc2O[C@H]1c1ccc(C)cc1. The maximum absolute atomic E-state index is 13.9. The highest BCUT2D eigenvalue weighted by molar-refractivity contribution is 7.98. The summed E-state index contributed by atoms with van der Waals surface area (Å²) in [6.07, 6.45) is 1.55. The summed E-state index contributed by atoms with van der Waals surface area (Å²) in [5, 5.41) is 9.51. The van der Waals surface area contributed by atoms with Crippen LogP contribution in [0.5, 0.6) is 5.75 Å². The Morgan fingerprint density at radius 2 is 1.76 bits per heavy atom. The molecule has 170 valence electrons. The van der Waals surface area contributed by atoms with Crippen LogP contribution in [0.4, 0.5) is 10.3 Å². The van der Waals surface area contributed by atoms with E-state index in [1.165, 1.54) is 29.5 Å². The van der Waals surface area contributed by atoms with Crippen molar-refractivity contribution in [2.24, 2.45) is 0 Å². The standard InChI is InChI=1S/C26H20ClFN4OS/c1-14-3-5-16(6-4-14)24-21-22(19-13-17(27)9-12-20(19)33-24)29-25-30-26(34-2)31-32(25)23(21)15-7-10-18(28)11-8-15/h3-13,23-24H,1-2H3,(H,29,30,31)/t23-,24+/m1/s1. The molecule has 34 heavy (non-hydrogen) atoms. The number of benzene rings is 3. The number of rotatable bonds is 3. The summed E-state index contributed by atoms with van der Waals surface area (Å²) in [4.78, 5) is 4.68. The van der Waals surface area contributed by atoms with Crippen LogP contribution in [0.15, 0.2) is 77.5 Å². The molecule has 0 amide bonds. The number of fused-ring (bicyclic) bond motifs is 3. The van der Waals surface area contributed by atoms with Crippen LogP contribution in [0.3, 0.4) is 0 Å². The summed E-state index contributed by atoms with van der Waals surface area (Å²) >= 11 is 7.86. The number of aryl methyl sites for hydroxylation is 1. The van der Waals surface area contributed by atoms with Crippen LogP contribution >= 0.6 is 23.4 Å². The lowest BCUT2D eigenvalue weighted by atomic mass is 9.84. The molecule has 2 aliphatic heterocycles. The van der Waals surface area contributed by atoms with Gasteiger partial charge in [0.05, 0.1) is 5.70 Å². The molecule has 0 radical (unpaired) electrons. The molecule has 0 saturated heterocycles. The molecule has 1 N–H and O–H groups in total. The first-order valence-corrected chi connectivity index (χ1v) is 12.4. The molecule has 4 aromatic rings. The monoisotopic (exact) mass is 490 g/mol. The summed E-state index contributed by atoms with van der Waals surface area (Å²) in [6, 6.07) is 20.1. The number of nitrogens with zero attached hydrogens (tertiary/aromatic N) is 3. The number of ether oxygens (including phenoxy) is 1. The zero-order valence-corrected chi connectivity index (χ0v) is 20.0. The normalized spacial score (nSPS) is 18.5. The lowest BCUT2D eigenvalue weighted by Crippen LogP contribution is -2.32. The maximum atomic E-state index is 13.9. The highest BCUT2D eigenvalue weighted by atomic mass is 35.5. The van der Waals surface area contributed by atoms with E-state index in [0.717, 1.165) is 33.7 Å². The molecule has 6 rings (SSSR count). The summed E-state index contributed by atoms with van der Waals surface area (Å²) < 4.78 is 22.3. The Morgan fingerprint density at radius 3 is 2.50 bits per heavy atom. The lowest BCUT2D eigenvalue weighted by molar-refractivity contribution is 0.223. The van der Waals surface area contributed by atoms with Crippen molar-refractivity contribution in [3.8, 4) is 5.75 Å². The van der Waals surface area contributed by atoms with Gasteiger partial charge in [0.2, 0.25) is 11.1 Å². The smallest absolute Gasteiger partial charge is 0.227 e. The van der Waals surface area contributed by atoms with Crippen molar-refractivity contribution < 1.29 is 9.13 Å². The Balaban J connectivity index is 1.63. The van der Waals surface area contributed by atoms with Crippen LogP contribution in [-0.2, 0) is 0 Å². The first-order chi connectivity index (χ1) is 16.5. The second-order valence-electron chi connectivity index (χ2n) is 8.33. The van der Waals surface area contributed by atoms with Crippen LogP contribution in [0.2, 0.25) is 5.02 Å². The Hall–Kier alpha value is -3.29. The number of hydrogen-bond acceptors (Lipinski definition) is 5. The van der Waals surface area contributed by atoms with Crippen LogP contribution in [0, 0.1) is 12.7 Å². The van der Waals surface area contributed by atoms with Gasteiger partial charge in [-0.3, -0.25) is 0 Å². The number of thioether (sulfide) groups is 1. The van der Waals surface area contributed by atoms with Gasteiger partial charge in [0.1, 0.15) is 23.7 Å². The summed E-state index contributed by atoms with van der Waals surface area (Å²) in [5.41, 5.74) is 5.78. The number of aromatic nitrogens is 3. The van der Waals surface area contributed by atoms with Crippen molar-refractivity contribution in [1.82, 2.24) is 14.8 Å². The van der Waals surface area contributed by atoms with Crippen molar-refractivity contribution in [3.63, 3.8) is 0 Å². The molecule has 0 unspecified atom stereocenters. The van der Waals surface area contributed by atoms with Gasteiger partial charge in [0.15, 0.2) is 0 Å². The van der Waals surface area contributed by atoms with Gasteiger partial charge in [-0.1, -0.05) is 65.3 Å². The minimum Gasteiger partial charge on any atom is -0.480 e. The number of anilines is 1. The Labute approximate surface area is 205 Å². The van der Waals surface area contributed by atoms with Gasteiger partial charge in [-0.05, 0) is 54.6 Å². The Morgan fingerprint density at radius 1 is 1.03 bits per heavy atom. The van der Waals surface area contributed by atoms with E-state index >= 15 is 0 Å². The van der Waals surface area contributed by atoms with E-state index in [1.54, 1.807) is 12.1 Å². The van der Waals surface area contributed by atoms with Crippen LogP contribution in [0.1, 0.15) is 34.4 Å². The molecule has 8 heteroatoms. The van der Waals surface area contributed by atoms with Crippen molar-refractivity contribution in [2.45, 2.75) is 24.2 Å². The predicted molar refractivity (Wildman–Crippen MR) is 133 cm³/mol. The van der Waals surface area contributed by atoms with E-state index in [4.69, 9.17) is 21.4 Å². The highest BCUT2D eigenvalue weighted by Crippen LogP contribution is 2.51.